The Balaban J connectivity index is 1.86. The Morgan fingerprint density at radius 1 is 0.844 bits per heavy atom. The summed E-state index contributed by atoms with van der Waals surface area (Å²) < 4.78 is 3.67. The first-order chi connectivity index (χ1) is 15.5. The van der Waals surface area contributed by atoms with E-state index in [1.807, 2.05) is 11.3 Å². The number of hydrogen-bond donors (Lipinski definition) is 0. The summed E-state index contributed by atoms with van der Waals surface area (Å²) >= 11 is 1.16. The summed E-state index contributed by atoms with van der Waals surface area (Å²) in [5.74, 6) is 0. The molecule has 0 fully saturated rings. The summed E-state index contributed by atoms with van der Waals surface area (Å²) in [6.07, 6.45) is 12.5. The fraction of sp³-hybridized carbons (Fsp3) is 0.536. The van der Waals surface area contributed by atoms with E-state index in [1.165, 1.54) is 73.7 Å². The molecule has 0 saturated carbocycles. The van der Waals surface area contributed by atoms with Gasteiger partial charge in [0, 0.05) is 0 Å². The van der Waals surface area contributed by atoms with Crippen molar-refractivity contribution in [1.29, 1.82) is 0 Å². The van der Waals surface area contributed by atoms with Crippen molar-refractivity contribution in [2.24, 2.45) is 0 Å². The van der Waals surface area contributed by atoms with E-state index in [4.69, 9.17) is 4.98 Å². The molecule has 2 nitrogen and oxygen atoms in total. The number of thiazole rings is 1. The van der Waals surface area contributed by atoms with E-state index >= 15 is 0 Å². The van der Waals surface area contributed by atoms with Crippen molar-refractivity contribution in [2.75, 3.05) is 19.0 Å². The molecule has 0 aliphatic heterocycles. The molecule has 0 spiro atoms. The van der Waals surface area contributed by atoms with Gasteiger partial charge in [0.15, 0.2) is 0 Å². The van der Waals surface area contributed by atoms with Crippen LogP contribution in [-0.2, 0) is 0 Å². The van der Waals surface area contributed by atoms with Crippen LogP contribution in [-0.4, -0.2) is 40.2 Å². The summed E-state index contributed by atoms with van der Waals surface area (Å²) in [5.41, 5.74) is 3.61. The van der Waals surface area contributed by atoms with Crippen LogP contribution in [0.15, 0.2) is 42.5 Å². The van der Waals surface area contributed by atoms with Gasteiger partial charge in [-0.2, -0.15) is 0 Å². The first-order valence-corrected chi connectivity index (χ1v) is 16.1. The molecular weight excluding hydrogens is 515 g/mol. The number of rotatable bonds is 13. The molecule has 32 heavy (non-hydrogen) atoms. The van der Waals surface area contributed by atoms with Crippen molar-refractivity contribution < 1.29 is 0 Å². The van der Waals surface area contributed by atoms with Crippen LogP contribution in [0.2, 0.25) is 3.43 Å². The third-order valence-corrected chi connectivity index (χ3v) is 12.9. The molecule has 0 atom stereocenters. The van der Waals surface area contributed by atoms with Crippen molar-refractivity contribution in [2.45, 2.75) is 82.0 Å². The molecule has 172 valence electrons. The van der Waals surface area contributed by atoms with Crippen LogP contribution in [0.25, 0.3) is 20.8 Å². The molecule has 0 aliphatic rings. The molecule has 0 saturated heterocycles. The Hall–Kier alpha value is -1.07. The molecule has 3 aromatic rings. The van der Waals surface area contributed by atoms with Gasteiger partial charge < -0.3 is 0 Å². The first-order valence-electron chi connectivity index (χ1n) is 12.5. The van der Waals surface area contributed by atoms with Crippen molar-refractivity contribution in [3.05, 3.63) is 42.5 Å². The van der Waals surface area contributed by atoms with Crippen LogP contribution >= 0.6 is 11.3 Å². The zero-order chi connectivity index (χ0) is 23.0. The number of unbranched alkanes of at least 4 members (excludes halogenated alkanes) is 3. The number of nitrogens with zero attached hydrogens (tertiary/aromatic N) is 2. The fourth-order valence-electron chi connectivity index (χ4n) is 4.44. The number of benzene rings is 2. The van der Waals surface area contributed by atoms with E-state index in [0.717, 1.165) is 10.5 Å². The van der Waals surface area contributed by atoms with Gasteiger partial charge in [-0.05, 0) is 0 Å². The van der Waals surface area contributed by atoms with E-state index < -0.39 is 21.1 Å². The predicted molar refractivity (Wildman–Crippen MR) is 146 cm³/mol. The second kappa shape index (κ2) is 12.4. The zero-order valence-electron chi connectivity index (χ0n) is 20.7. The van der Waals surface area contributed by atoms with Crippen LogP contribution in [0.1, 0.15) is 78.6 Å². The average Bonchev–Trinajstić information content (AvgIpc) is 3.23. The second-order valence-corrected chi connectivity index (χ2v) is 15.8. The molecule has 0 aliphatic carbocycles. The van der Waals surface area contributed by atoms with Crippen LogP contribution < -0.4 is 8.48 Å². The van der Waals surface area contributed by atoms with Crippen LogP contribution in [0.5, 0.6) is 0 Å². The standard InChI is InChI=1S/C15H13N2S.C13H27.Sn/c1-17(2)12-9-7-11(8-10-12)15-16-13-5-3-4-6-14(13)18-15;1-4-7-10-13(11-8-5-2)12-9-6-3;/h3,5-10H,1-2H3;4-12H2,1-3H3;. The summed E-state index contributed by atoms with van der Waals surface area (Å²) in [6.45, 7) is 7.06. The maximum absolute atomic E-state index is 4.97. The molecule has 2 radical (unpaired) electrons. The minimum atomic E-state index is -0.699. The molecule has 0 amide bonds. The first kappa shape index (κ1) is 25.5. The van der Waals surface area contributed by atoms with Gasteiger partial charge in [-0.25, -0.2) is 0 Å². The quantitative estimate of drug-likeness (QED) is 0.198. The number of hydrogen-bond acceptors (Lipinski definition) is 3. The van der Waals surface area contributed by atoms with Crippen LogP contribution in [0, 0.1) is 0 Å². The van der Waals surface area contributed by atoms with Gasteiger partial charge in [-0.1, -0.05) is 0 Å². The molecule has 0 bridgehead atoms. The molecular formula is C28H40N2SSn. The molecule has 3 rings (SSSR count). The number of aromatic nitrogens is 1. The summed E-state index contributed by atoms with van der Waals surface area (Å²) in [6, 6.07) is 16.0. The van der Waals surface area contributed by atoms with Crippen molar-refractivity contribution >= 4 is 52.0 Å². The van der Waals surface area contributed by atoms with Gasteiger partial charge in [0.1, 0.15) is 0 Å². The van der Waals surface area contributed by atoms with Gasteiger partial charge in [-0.15, -0.1) is 0 Å². The van der Waals surface area contributed by atoms with Gasteiger partial charge in [0.05, 0.1) is 0 Å². The zero-order valence-corrected chi connectivity index (χ0v) is 24.4. The third-order valence-electron chi connectivity index (χ3n) is 6.46. The Kier molecular flexibility index (Phi) is 9.91. The fourth-order valence-corrected chi connectivity index (χ4v) is 11.2. The summed E-state index contributed by atoms with van der Waals surface area (Å²) in [7, 11) is 4.17. The van der Waals surface area contributed by atoms with Crippen molar-refractivity contribution in [1.82, 2.24) is 4.98 Å². The number of fused-ring (bicyclic) bond motifs is 1. The minimum absolute atomic E-state index is 0.634. The van der Waals surface area contributed by atoms with E-state index in [1.54, 1.807) is 3.58 Å². The van der Waals surface area contributed by atoms with Gasteiger partial charge >= 0.3 is 211 Å². The van der Waals surface area contributed by atoms with Crippen LogP contribution in [0.3, 0.4) is 0 Å². The third kappa shape index (κ3) is 6.72. The Bertz CT molecular complexity index is 939. The molecule has 0 N–H and O–H groups in total. The summed E-state index contributed by atoms with van der Waals surface area (Å²) in [5, 5.41) is 1.14. The summed E-state index contributed by atoms with van der Waals surface area (Å²) in [4.78, 5) is 7.11. The van der Waals surface area contributed by atoms with E-state index in [9.17, 15) is 0 Å². The van der Waals surface area contributed by atoms with Gasteiger partial charge in [0.2, 0.25) is 0 Å². The average molecular weight is 555 g/mol. The molecule has 1 heterocycles. The Morgan fingerprint density at radius 3 is 1.97 bits per heavy atom. The predicted octanol–water partition coefficient (Wildman–Crippen LogP) is 8.09. The van der Waals surface area contributed by atoms with Gasteiger partial charge in [-0.3, -0.25) is 0 Å². The molecule has 2 aromatic carbocycles. The van der Waals surface area contributed by atoms with Crippen molar-refractivity contribution in [3.8, 4) is 10.6 Å². The monoisotopic (exact) mass is 556 g/mol. The topological polar surface area (TPSA) is 16.1 Å². The SMILES string of the molecule is CCCC[C](CCCC)(CCCC)[Sn][c]1ccc2nc(-c3ccc(N(C)C)cc3)sc2c1. The second-order valence-electron chi connectivity index (χ2n) is 9.36. The molecule has 0 unspecified atom stereocenters. The number of anilines is 1. The van der Waals surface area contributed by atoms with E-state index in [2.05, 4.69) is 82.2 Å². The van der Waals surface area contributed by atoms with Crippen molar-refractivity contribution in [3.63, 3.8) is 0 Å². The normalized spacial score (nSPS) is 11.9. The molecule has 1 aromatic heterocycles. The molecule has 4 heteroatoms. The Morgan fingerprint density at radius 2 is 1.44 bits per heavy atom. The van der Waals surface area contributed by atoms with Crippen LogP contribution in [0.4, 0.5) is 5.69 Å². The van der Waals surface area contributed by atoms with E-state index in [-0.39, 0.29) is 0 Å². The Labute approximate surface area is 210 Å². The van der Waals surface area contributed by atoms with E-state index in [0.29, 0.717) is 3.43 Å². The maximum atomic E-state index is 4.97. The van der Waals surface area contributed by atoms with Gasteiger partial charge in [0.25, 0.3) is 0 Å².